The van der Waals surface area contributed by atoms with E-state index < -0.39 is 0 Å². The van der Waals surface area contributed by atoms with E-state index in [4.69, 9.17) is 9.47 Å². The summed E-state index contributed by atoms with van der Waals surface area (Å²) < 4.78 is 11.2. The average molecular weight is 292 g/mol. The Bertz CT molecular complexity index is 299. The molecule has 1 atom stereocenters. The van der Waals surface area contributed by atoms with Gasteiger partial charge in [0.05, 0.1) is 6.61 Å². The highest BCUT2D eigenvalue weighted by Crippen LogP contribution is 2.13. The summed E-state index contributed by atoms with van der Waals surface area (Å²) in [5.74, 6) is 0. The van der Waals surface area contributed by atoms with E-state index in [0.29, 0.717) is 0 Å². The lowest BCUT2D eigenvalue weighted by molar-refractivity contribution is -0.161. The fraction of sp³-hybridized carbons (Fsp3) is 0.684. The van der Waals surface area contributed by atoms with Crippen LogP contribution < -0.4 is 0 Å². The molecular weight excluding hydrogens is 260 g/mol. The molecule has 1 fully saturated rings. The van der Waals surface area contributed by atoms with Crippen LogP contribution in [0.4, 0.5) is 0 Å². The summed E-state index contributed by atoms with van der Waals surface area (Å²) in [4.78, 5) is 0. The smallest absolute Gasteiger partial charge is 0.157 e. The van der Waals surface area contributed by atoms with Gasteiger partial charge < -0.3 is 9.47 Å². The highest BCUT2D eigenvalue weighted by Gasteiger charge is 2.12. The third-order valence-corrected chi connectivity index (χ3v) is 3.48. The van der Waals surface area contributed by atoms with Crippen LogP contribution in [0.5, 0.6) is 0 Å². The summed E-state index contributed by atoms with van der Waals surface area (Å²) in [5.41, 5.74) is 0. The van der Waals surface area contributed by atoms with Crippen LogP contribution in [-0.2, 0) is 9.47 Å². The summed E-state index contributed by atoms with van der Waals surface area (Å²) in [6.45, 7) is 3.81. The van der Waals surface area contributed by atoms with E-state index >= 15 is 0 Å². The Balaban J connectivity index is 1.85. The number of allylic oxidation sites excluding steroid dienone is 5. The predicted molar refractivity (Wildman–Crippen MR) is 90.3 cm³/mol. The van der Waals surface area contributed by atoms with E-state index in [9.17, 15) is 0 Å². The lowest BCUT2D eigenvalue weighted by Gasteiger charge is -2.22. The number of ether oxygens (including phenoxy) is 2. The van der Waals surface area contributed by atoms with Crippen LogP contribution in [0.15, 0.2) is 36.5 Å². The molecule has 1 aliphatic rings. The van der Waals surface area contributed by atoms with E-state index in [2.05, 4.69) is 43.4 Å². The third-order valence-electron chi connectivity index (χ3n) is 3.48. The molecule has 0 saturated carbocycles. The number of hydrogen-bond acceptors (Lipinski definition) is 2. The van der Waals surface area contributed by atoms with Gasteiger partial charge in [-0.15, -0.1) is 0 Å². The second kappa shape index (κ2) is 14.1. The molecule has 0 spiro atoms. The molecule has 1 heterocycles. The molecule has 0 amide bonds. The Hall–Kier alpha value is -0.860. The molecule has 0 aromatic carbocycles. The first-order valence-electron chi connectivity index (χ1n) is 8.61. The zero-order valence-electron chi connectivity index (χ0n) is 13.6. The van der Waals surface area contributed by atoms with Crippen LogP contribution in [0.3, 0.4) is 0 Å². The van der Waals surface area contributed by atoms with E-state index in [1.807, 2.05) is 0 Å². The van der Waals surface area contributed by atoms with E-state index in [0.717, 1.165) is 45.3 Å². The molecule has 120 valence electrons. The van der Waals surface area contributed by atoms with Gasteiger partial charge >= 0.3 is 0 Å². The largest absolute Gasteiger partial charge is 0.353 e. The van der Waals surface area contributed by atoms with E-state index in [1.165, 1.54) is 25.7 Å². The van der Waals surface area contributed by atoms with Crippen molar-refractivity contribution in [1.82, 2.24) is 0 Å². The van der Waals surface area contributed by atoms with Crippen molar-refractivity contribution in [3.8, 4) is 0 Å². The van der Waals surface area contributed by atoms with Crippen LogP contribution >= 0.6 is 0 Å². The molecule has 2 nitrogen and oxygen atoms in total. The van der Waals surface area contributed by atoms with Gasteiger partial charge in [-0.25, -0.2) is 0 Å². The van der Waals surface area contributed by atoms with Crippen LogP contribution in [-0.4, -0.2) is 19.5 Å². The molecule has 0 bridgehead atoms. The first-order chi connectivity index (χ1) is 10.4. The first kappa shape index (κ1) is 18.2. The van der Waals surface area contributed by atoms with Crippen molar-refractivity contribution in [3.63, 3.8) is 0 Å². The van der Waals surface area contributed by atoms with Crippen LogP contribution in [0.25, 0.3) is 0 Å². The fourth-order valence-corrected chi connectivity index (χ4v) is 2.25. The van der Waals surface area contributed by atoms with Gasteiger partial charge in [-0.1, -0.05) is 43.4 Å². The molecule has 2 heteroatoms. The monoisotopic (exact) mass is 292 g/mol. The maximum absolute atomic E-state index is 5.68. The van der Waals surface area contributed by atoms with E-state index in [1.54, 1.807) is 0 Å². The second-order valence-electron chi connectivity index (χ2n) is 5.44. The minimum Gasteiger partial charge on any atom is -0.353 e. The van der Waals surface area contributed by atoms with Gasteiger partial charge in [0.15, 0.2) is 6.29 Å². The van der Waals surface area contributed by atoms with E-state index in [-0.39, 0.29) is 6.29 Å². The second-order valence-corrected chi connectivity index (χ2v) is 5.44. The summed E-state index contributed by atoms with van der Waals surface area (Å²) in [6, 6.07) is 0. The summed E-state index contributed by atoms with van der Waals surface area (Å²) in [6.07, 6.45) is 23.8. The molecule has 0 aliphatic carbocycles. The maximum atomic E-state index is 5.68. The molecular formula is C19H32O2. The van der Waals surface area contributed by atoms with Crippen molar-refractivity contribution in [2.45, 2.75) is 71.0 Å². The molecule has 0 aromatic rings. The van der Waals surface area contributed by atoms with Crippen molar-refractivity contribution in [2.75, 3.05) is 13.2 Å². The van der Waals surface area contributed by atoms with Crippen LogP contribution in [0.2, 0.25) is 0 Å². The van der Waals surface area contributed by atoms with Gasteiger partial charge in [-0.2, -0.15) is 0 Å². The Labute approximate surface area is 130 Å². The topological polar surface area (TPSA) is 18.5 Å². The standard InChI is InChI=1S/C19H32O2/c1-2-3-4-5-6-7-8-9-10-11-12-14-17-20-19-16-13-15-18-21-19/h3-4,6-7,11-12,19H,2,5,8-10,13-18H2,1H3/b4-3-,7-6-,12-11+. The molecule has 0 aromatic heterocycles. The third kappa shape index (κ3) is 11.5. The fourth-order valence-electron chi connectivity index (χ4n) is 2.25. The summed E-state index contributed by atoms with van der Waals surface area (Å²) in [5, 5.41) is 0. The maximum Gasteiger partial charge on any atom is 0.157 e. The lowest BCUT2D eigenvalue weighted by atomic mass is 10.2. The van der Waals surface area contributed by atoms with Gasteiger partial charge in [-0.05, 0) is 57.8 Å². The van der Waals surface area contributed by atoms with Gasteiger partial charge in [0, 0.05) is 6.61 Å². The zero-order chi connectivity index (χ0) is 15.0. The van der Waals surface area contributed by atoms with Crippen molar-refractivity contribution < 1.29 is 9.47 Å². The summed E-state index contributed by atoms with van der Waals surface area (Å²) in [7, 11) is 0. The normalized spacial score (nSPS) is 20.1. The molecule has 0 radical (unpaired) electrons. The van der Waals surface area contributed by atoms with Gasteiger partial charge in [0.25, 0.3) is 0 Å². The predicted octanol–water partition coefficient (Wildman–Crippen LogP) is 5.56. The van der Waals surface area contributed by atoms with Crippen molar-refractivity contribution in [2.24, 2.45) is 0 Å². The minimum absolute atomic E-state index is 0.0547. The number of rotatable bonds is 11. The molecule has 1 saturated heterocycles. The van der Waals surface area contributed by atoms with Crippen LogP contribution in [0, 0.1) is 0 Å². The highest BCUT2D eigenvalue weighted by atomic mass is 16.7. The van der Waals surface area contributed by atoms with Crippen molar-refractivity contribution >= 4 is 0 Å². The quantitative estimate of drug-likeness (QED) is 0.367. The Kier molecular flexibility index (Phi) is 12.2. The number of hydrogen-bond donors (Lipinski definition) is 0. The molecule has 1 aliphatic heterocycles. The van der Waals surface area contributed by atoms with Gasteiger partial charge in [0.1, 0.15) is 0 Å². The molecule has 21 heavy (non-hydrogen) atoms. The first-order valence-corrected chi connectivity index (χ1v) is 8.61. The Morgan fingerprint density at radius 3 is 2.48 bits per heavy atom. The minimum atomic E-state index is 0.0547. The SMILES string of the molecule is CC/C=C\C/C=C\CCC/C=C/CCOC1CCCCO1. The highest BCUT2D eigenvalue weighted by molar-refractivity contribution is 4.92. The van der Waals surface area contributed by atoms with Crippen LogP contribution in [0.1, 0.15) is 64.7 Å². The van der Waals surface area contributed by atoms with Gasteiger partial charge in [0.2, 0.25) is 0 Å². The van der Waals surface area contributed by atoms with Gasteiger partial charge in [-0.3, -0.25) is 0 Å². The average Bonchev–Trinajstić information content (AvgIpc) is 2.53. The molecule has 1 unspecified atom stereocenters. The number of unbranched alkanes of at least 4 members (excludes halogenated alkanes) is 2. The Morgan fingerprint density at radius 2 is 1.71 bits per heavy atom. The molecule has 1 rings (SSSR count). The Morgan fingerprint density at radius 1 is 0.952 bits per heavy atom. The lowest BCUT2D eigenvalue weighted by Crippen LogP contribution is -2.22. The van der Waals surface area contributed by atoms with Crippen molar-refractivity contribution in [3.05, 3.63) is 36.5 Å². The van der Waals surface area contributed by atoms with Crippen molar-refractivity contribution in [1.29, 1.82) is 0 Å². The molecule has 0 N–H and O–H groups in total. The zero-order valence-corrected chi connectivity index (χ0v) is 13.6. The summed E-state index contributed by atoms with van der Waals surface area (Å²) >= 11 is 0.